The molecule has 1 fully saturated rings. The second kappa shape index (κ2) is 8.81. The zero-order chi connectivity index (χ0) is 21.3. The summed E-state index contributed by atoms with van der Waals surface area (Å²) in [6.07, 6.45) is 5.57. The maximum Gasteiger partial charge on any atom is 0.250 e. The lowest BCUT2D eigenvalue weighted by atomic mass is 9.83. The highest BCUT2D eigenvalue weighted by Gasteiger charge is 2.38. The van der Waals surface area contributed by atoms with Crippen molar-refractivity contribution in [3.05, 3.63) is 55.7 Å². The number of quaternary nitrogens is 1. The fraction of sp³-hybridized carbons (Fsp3) is 0.500. The number of likely N-dealkylation sites (N-methyl/N-ethyl adjacent to an activating group) is 1. The minimum absolute atomic E-state index is 0.101. The van der Waals surface area contributed by atoms with Crippen LogP contribution >= 0.6 is 22.9 Å². The Morgan fingerprint density at radius 3 is 2.53 bits per heavy atom. The summed E-state index contributed by atoms with van der Waals surface area (Å²) in [5, 5.41) is 0.660. The molecule has 0 radical (unpaired) electrons. The molecule has 1 amide bonds. The summed E-state index contributed by atoms with van der Waals surface area (Å²) in [5.41, 5.74) is 8.45. The van der Waals surface area contributed by atoms with Crippen LogP contribution in [0.25, 0.3) is 0 Å². The van der Waals surface area contributed by atoms with Crippen molar-refractivity contribution in [3.63, 3.8) is 0 Å². The van der Waals surface area contributed by atoms with E-state index in [1.165, 1.54) is 30.7 Å². The van der Waals surface area contributed by atoms with Crippen LogP contribution in [0.2, 0.25) is 5.02 Å². The first kappa shape index (κ1) is 21.5. The summed E-state index contributed by atoms with van der Waals surface area (Å²) >= 11 is 7.58. The van der Waals surface area contributed by atoms with Gasteiger partial charge in [-0.25, -0.2) is 0 Å². The van der Waals surface area contributed by atoms with E-state index < -0.39 is 5.91 Å². The van der Waals surface area contributed by atoms with Crippen LogP contribution in [-0.2, 0) is 30.6 Å². The Labute approximate surface area is 187 Å². The SMILES string of the molecule is CC[N+]1(CC2CCC2)CCc2c(sc(CC(=O)Cc3ccc(Cl)cc3)c2C(N)=O)C1. The topological polar surface area (TPSA) is 60.2 Å². The number of carbonyl (C=O) groups is 2. The number of nitrogens with zero attached hydrogens (tertiary/aromatic N) is 1. The number of benzene rings is 1. The van der Waals surface area contributed by atoms with E-state index in [0.29, 0.717) is 17.0 Å². The third-order valence-corrected chi connectivity index (χ3v) is 8.41. The van der Waals surface area contributed by atoms with Crippen LogP contribution in [0.15, 0.2) is 24.3 Å². The Morgan fingerprint density at radius 1 is 1.20 bits per heavy atom. The van der Waals surface area contributed by atoms with Gasteiger partial charge < -0.3 is 10.2 Å². The number of hydrogen-bond donors (Lipinski definition) is 1. The minimum atomic E-state index is -0.391. The first-order valence-corrected chi connectivity index (χ1v) is 12.1. The van der Waals surface area contributed by atoms with Crippen molar-refractivity contribution in [3.8, 4) is 0 Å². The molecule has 1 aliphatic heterocycles. The van der Waals surface area contributed by atoms with E-state index in [1.807, 2.05) is 12.1 Å². The zero-order valence-corrected chi connectivity index (χ0v) is 19.2. The third-order valence-electron chi connectivity index (χ3n) is 6.94. The normalized spacial score (nSPS) is 21.1. The Morgan fingerprint density at radius 2 is 1.93 bits per heavy atom. The molecule has 4 rings (SSSR count). The molecule has 1 aliphatic carbocycles. The molecule has 30 heavy (non-hydrogen) atoms. The van der Waals surface area contributed by atoms with Gasteiger partial charge in [-0.3, -0.25) is 9.59 Å². The summed E-state index contributed by atoms with van der Waals surface area (Å²) in [7, 11) is 0. The molecule has 1 unspecified atom stereocenters. The van der Waals surface area contributed by atoms with E-state index in [4.69, 9.17) is 17.3 Å². The fourth-order valence-corrected chi connectivity index (χ4v) is 6.60. The molecular formula is C24H30ClN2O2S+. The fourth-order valence-electron chi connectivity index (χ4n) is 4.95. The van der Waals surface area contributed by atoms with Crippen molar-refractivity contribution in [1.29, 1.82) is 0 Å². The van der Waals surface area contributed by atoms with Crippen LogP contribution in [0.1, 0.15) is 57.4 Å². The third kappa shape index (κ3) is 4.48. The van der Waals surface area contributed by atoms with Crippen molar-refractivity contribution in [2.24, 2.45) is 11.7 Å². The van der Waals surface area contributed by atoms with E-state index >= 15 is 0 Å². The second-order valence-corrected chi connectivity index (χ2v) is 10.6. The Balaban J connectivity index is 1.53. The average molecular weight is 446 g/mol. The van der Waals surface area contributed by atoms with Crippen molar-refractivity contribution < 1.29 is 14.1 Å². The van der Waals surface area contributed by atoms with Gasteiger partial charge in [-0.1, -0.05) is 30.2 Å². The maximum absolute atomic E-state index is 12.7. The number of ketones is 1. The first-order chi connectivity index (χ1) is 14.4. The van der Waals surface area contributed by atoms with E-state index in [9.17, 15) is 9.59 Å². The number of halogens is 1. The van der Waals surface area contributed by atoms with Crippen molar-refractivity contribution >= 4 is 34.6 Å². The molecule has 1 saturated carbocycles. The van der Waals surface area contributed by atoms with Crippen molar-refractivity contribution in [2.45, 2.75) is 52.0 Å². The molecule has 1 aromatic carbocycles. The van der Waals surface area contributed by atoms with Crippen LogP contribution in [-0.4, -0.2) is 35.8 Å². The van der Waals surface area contributed by atoms with E-state index in [-0.39, 0.29) is 12.2 Å². The Hall–Kier alpha value is -1.69. The van der Waals surface area contributed by atoms with Crippen LogP contribution in [0.5, 0.6) is 0 Å². The highest BCUT2D eigenvalue weighted by molar-refractivity contribution is 7.12. The van der Waals surface area contributed by atoms with Gasteiger partial charge in [0.25, 0.3) is 0 Å². The number of nitrogens with two attached hydrogens (primary N) is 1. The quantitative estimate of drug-likeness (QED) is 0.606. The summed E-state index contributed by atoms with van der Waals surface area (Å²) in [6, 6.07) is 7.35. The molecule has 2 heterocycles. The van der Waals surface area contributed by atoms with Gasteiger partial charge in [-0.05, 0) is 43.0 Å². The number of fused-ring (bicyclic) bond motifs is 1. The monoisotopic (exact) mass is 445 g/mol. The zero-order valence-electron chi connectivity index (χ0n) is 17.6. The van der Waals surface area contributed by atoms with Gasteiger partial charge in [0.05, 0.1) is 30.1 Å². The lowest BCUT2D eigenvalue weighted by molar-refractivity contribution is -0.944. The highest BCUT2D eigenvalue weighted by Crippen LogP contribution is 2.39. The van der Waals surface area contributed by atoms with Crippen molar-refractivity contribution in [1.82, 2.24) is 0 Å². The lowest BCUT2D eigenvalue weighted by Gasteiger charge is -2.44. The predicted molar refractivity (Wildman–Crippen MR) is 122 cm³/mol. The molecule has 2 N–H and O–H groups in total. The lowest BCUT2D eigenvalue weighted by Crippen LogP contribution is -2.54. The molecule has 1 aromatic heterocycles. The van der Waals surface area contributed by atoms with E-state index in [0.717, 1.165) is 52.5 Å². The number of hydrogen-bond acceptors (Lipinski definition) is 3. The molecule has 0 spiro atoms. The molecule has 2 aromatic rings. The van der Waals surface area contributed by atoms with Gasteiger partial charge >= 0.3 is 0 Å². The number of amides is 1. The Kier molecular flexibility index (Phi) is 6.33. The van der Waals surface area contributed by atoms with Crippen molar-refractivity contribution in [2.75, 3.05) is 19.6 Å². The van der Waals surface area contributed by atoms with E-state index in [1.54, 1.807) is 23.5 Å². The second-order valence-electron chi connectivity index (χ2n) is 8.95. The molecule has 4 nitrogen and oxygen atoms in total. The summed E-state index contributed by atoms with van der Waals surface area (Å²) < 4.78 is 1.11. The number of Topliss-reactive ketones (excluding diaryl/α,β-unsaturated/α-hetero) is 1. The molecule has 2 aliphatic rings. The number of carbonyl (C=O) groups excluding carboxylic acids is 2. The van der Waals surface area contributed by atoms with Gasteiger partial charge in [-0.15, -0.1) is 11.3 Å². The smallest absolute Gasteiger partial charge is 0.250 e. The molecule has 160 valence electrons. The molecule has 6 heteroatoms. The predicted octanol–water partition coefficient (Wildman–Crippen LogP) is 4.55. The number of thiophene rings is 1. The largest absolute Gasteiger partial charge is 0.366 e. The van der Waals surface area contributed by atoms with Crippen LogP contribution in [0.4, 0.5) is 0 Å². The number of primary amides is 1. The molecule has 0 bridgehead atoms. The van der Waals surface area contributed by atoms with Gasteiger partial charge in [-0.2, -0.15) is 0 Å². The average Bonchev–Trinajstić information content (AvgIpc) is 3.03. The van der Waals surface area contributed by atoms with Gasteiger partial charge in [0, 0.05) is 35.1 Å². The molecule has 0 saturated heterocycles. The van der Waals surface area contributed by atoms with Crippen LogP contribution < -0.4 is 5.73 Å². The Bertz CT molecular complexity index is 949. The highest BCUT2D eigenvalue weighted by atomic mass is 35.5. The van der Waals surface area contributed by atoms with Gasteiger partial charge in [0.1, 0.15) is 12.3 Å². The summed E-state index contributed by atoms with van der Waals surface area (Å²) in [6.45, 7) is 6.67. The first-order valence-electron chi connectivity index (χ1n) is 10.9. The molecular weight excluding hydrogens is 416 g/mol. The summed E-state index contributed by atoms with van der Waals surface area (Å²) in [4.78, 5) is 27.2. The van der Waals surface area contributed by atoms with Crippen LogP contribution in [0, 0.1) is 5.92 Å². The minimum Gasteiger partial charge on any atom is -0.366 e. The standard InChI is InChI=1S/C24H29ClN2O2S/c1-2-27(14-17-4-3-5-17)11-10-20-22(15-27)30-21(23(20)24(26)29)13-19(28)12-16-6-8-18(25)9-7-16/h6-9,17H,2-5,10-15H2,1H3,(H-,26,29)/p+1. The van der Waals surface area contributed by atoms with Gasteiger partial charge in [0.15, 0.2) is 0 Å². The van der Waals surface area contributed by atoms with Crippen LogP contribution in [0.3, 0.4) is 0 Å². The van der Waals surface area contributed by atoms with Gasteiger partial charge in [0.2, 0.25) is 5.91 Å². The molecule has 1 atom stereocenters. The number of rotatable bonds is 8. The van der Waals surface area contributed by atoms with E-state index in [2.05, 4.69) is 6.92 Å². The summed E-state index contributed by atoms with van der Waals surface area (Å²) in [5.74, 6) is 0.559. The maximum atomic E-state index is 12.7.